The Bertz CT molecular complexity index is 451. The minimum absolute atomic E-state index is 0.176. The SMILES string of the molecule is OCCCCCCOCCCCCCOCCCCC1(C2(O)CCCCCC2)CCCCCC1. The van der Waals surface area contributed by atoms with E-state index >= 15 is 0 Å². The molecule has 0 aromatic rings. The van der Waals surface area contributed by atoms with Gasteiger partial charge < -0.3 is 19.7 Å². The molecule has 0 saturated heterocycles. The molecule has 2 rings (SSSR count). The van der Waals surface area contributed by atoms with Crippen LogP contribution in [0.3, 0.4) is 0 Å². The van der Waals surface area contributed by atoms with E-state index in [0.717, 1.165) is 77.8 Å². The molecule has 2 fully saturated rings. The van der Waals surface area contributed by atoms with Crippen molar-refractivity contribution in [2.45, 2.75) is 153 Å². The summed E-state index contributed by atoms with van der Waals surface area (Å²) in [6, 6.07) is 0. The predicted octanol–water partition coefficient (Wildman–Crippen LogP) is 7.73. The first-order valence-corrected chi connectivity index (χ1v) is 15.2. The van der Waals surface area contributed by atoms with Gasteiger partial charge in [-0.3, -0.25) is 0 Å². The Morgan fingerprint density at radius 2 is 0.882 bits per heavy atom. The molecule has 2 N–H and O–H groups in total. The highest BCUT2D eigenvalue weighted by Crippen LogP contribution is 2.52. The lowest BCUT2D eigenvalue weighted by Gasteiger charge is -2.48. The maximum absolute atomic E-state index is 11.8. The minimum Gasteiger partial charge on any atom is -0.396 e. The smallest absolute Gasteiger partial charge is 0.0703 e. The normalized spacial score (nSPS) is 20.6. The van der Waals surface area contributed by atoms with Gasteiger partial charge in [-0.1, -0.05) is 83.5 Å². The molecule has 4 heteroatoms. The van der Waals surface area contributed by atoms with E-state index in [1.165, 1.54) is 96.3 Å². The van der Waals surface area contributed by atoms with Crippen molar-refractivity contribution in [3.8, 4) is 0 Å². The number of ether oxygens (including phenoxy) is 2. The highest BCUT2D eigenvalue weighted by molar-refractivity contribution is 5.00. The number of hydrogen-bond donors (Lipinski definition) is 2. The Morgan fingerprint density at radius 3 is 1.35 bits per heavy atom. The summed E-state index contributed by atoms with van der Waals surface area (Å²) in [5.41, 5.74) is -0.229. The van der Waals surface area contributed by atoms with Crippen LogP contribution >= 0.6 is 0 Å². The second kappa shape index (κ2) is 19.0. The van der Waals surface area contributed by atoms with Gasteiger partial charge in [0.25, 0.3) is 0 Å². The highest BCUT2D eigenvalue weighted by atomic mass is 16.5. The van der Waals surface area contributed by atoms with Gasteiger partial charge >= 0.3 is 0 Å². The predicted molar refractivity (Wildman–Crippen MR) is 142 cm³/mol. The molecule has 0 unspecified atom stereocenters. The van der Waals surface area contributed by atoms with Gasteiger partial charge in [0.1, 0.15) is 0 Å². The third-order valence-electron chi connectivity index (χ3n) is 8.70. The van der Waals surface area contributed by atoms with Crippen molar-refractivity contribution in [1.29, 1.82) is 0 Å². The summed E-state index contributed by atoms with van der Waals surface area (Å²) in [6.45, 7) is 3.84. The Balaban J connectivity index is 1.49. The van der Waals surface area contributed by atoms with Gasteiger partial charge in [-0.15, -0.1) is 0 Å². The molecule has 0 heterocycles. The molecule has 2 saturated carbocycles. The summed E-state index contributed by atoms with van der Waals surface area (Å²) in [5, 5.41) is 20.6. The molecule has 0 radical (unpaired) electrons. The van der Waals surface area contributed by atoms with E-state index in [2.05, 4.69) is 0 Å². The van der Waals surface area contributed by atoms with Gasteiger partial charge in [0.2, 0.25) is 0 Å². The number of rotatable bonds is 19. The number of aliphatic hydroxyl groups is 2. The fraction of sp³-hybridized carbons (Fsp3) is 1.00. The van der Waals surface area contributed by atoms with Crippen molar-refractivity contribution in [2.75, 3.05) is 33.0 Å². The van der Waals surface area contributed by atoms with Crippen LogP contribution in [0.1, 0.15) is 148 Å². The van der Waals surface area contributed by atoms with Crippen LogP contribution in [0.15, 0.2) is 0 Å². The number of hydrogen-bond acceptors (Lipinski definition) is 4. The molecular formula is C30H58O4. The van der Waals surface area contributed by atoms with E-state index in [1.54, 1.807) is 0 Å². The van der Waals surface area contributed by atoms with E-state index in [4.69, 9.17) is 14.6 Å². The summed E-state index contributed by atoms with van der Waals surface area (Å²) >= 11 is 0. The van der Waals surface area contributed by atoms with Crippen LogP contribution < -0.4 is 0 Å². The molecule has 4 nitrogen and oxygen atoms in total. The van der Waals surface area contributed by atoms with E-state index in [0.29, 0.717) is 6.61 Å². The molecule has 0 spiro atoms. The fourth-order valence-electron chi connectivity index (χ4n) is 6.50. The molecule has 0 amide bonds. The van der Waals surface area contributed by atoms with Crippen LogP contribution in [-0.4, -0.2) is 48.8 Å². The van der Waals surface area contributed by atoms with Crippen LogP contribution in [0, 0.1) is 5.41 Å². The van der Waals surface area contributed by atoms with Gasteiger partial charge in [0, 0.05) is 33.0 Å². The second-order valence-electron chi connectivity index (χ2n) is 11.4. The van der Waals surface area contributed by atoms with Crippen LogP contribution in [0.5, 0.6) is 0 Å². The Morgan fingerprint density at radius 1 is 0.471 bits per heavy atom. The quantitative estimate of drug-likeness (QED) is 0.146. The maximum Gasteiger partial charge on any atom is 0.0703 e. The summed E-state index contributed by atoms with van der Waals surface area (Å²) in [4.78, 5) is 0. The first-order valence-electron chi connectivity index (χ1n) is 15.2. The van der Waals surface area contributed by atoms with E-state index in [9.17, 15) is 5.11 Å². The lowest BCUT2D eigenvalue weighted by molar-refractivity contribution is -0.111. The zero-order valence-electron chi connectivity index (χ0n) is 22.5. The molecule has 2 aliphatic rings. The van der Waals surface area contributed by atoms with Crippen molar-refractivity contribution in [2.24, 2.45) is 5.41 Å². The zero-order chi connectivity index (χ0) is 24.2. The topological polar surface area (TPSA) is 58.9 Å². The summed E-state index contributed by atoms with van der Waals surface area (Å²) in [6.07, 6.45) is 27.6. The minimum atomic E-state index is -0.404. The van der Waals surface area contributed by atoms with Crippen LogP contribution in [0.4, 0.5) is 0 Å². The molecule has 34 heavy (non-hydrogen) atoms. The standard InChI is InChI=1S/C30H58O4/c31-24-14-5-6-15-25-33-26-16-7-8-17-27-34-28-18-13-21-29(19-9-1-2-10-20-29)30(32)22-11-3-4-12-23-30/h31-32H,1-28H2. The van der Waals surface area contributed by atoms with Crippen LogP contribution in [-0.2, 0) is 9.47 Å². The maximum atomic E-state index is 11.8. The average Bonchev–Trinajstić information content (AvgIpc) is 3.23. The van der Waals surface area contributed by atoms with E-state index < -0.39 is 5.60 Å². The lowest BCUT2D eigenvalue weighted by atomic mass is 9.61. The van der Waals surface area contributed by atoms with Crippen molar-refractivity contribution < 1.29 is 19.7 Å². The Kier molecular flexibility index (Phi) is 16.8. The van der Waals surface area contributed by atoms with Crippen molar-refractivity contribution >= 4 is 0 Å². The van der Waals surface area contributed by atoms with E-state index in [1.807, 2.05) is 0 Å². The molecule has 202 valence electrons. The molecule has 0 bridgehead atoms. The number of unbranched alkanes of at least 4 members (excludes halogenated alkanes) is 7. The molecule has 0 aromatic heterocycles. The van der Waals surface area contributed by atoms with Gasteiger partial charge in [0.05, 0.1) is 5.60 Å². The third-order valence-corrected chi connectivity index (χ3v) is 8.70. The van der Waals surface area contributed by atoms with Crippen LogP contribution in [0.2, 0.25) is 0 Å². The van der Waals surface area contributed by atoms with Crippen LogP contribution in [0.25, 0.3) is 0 Å². The largest absolute Gasteiger partial charge is 0.396 e. The van der Waals surface area contributed by atoms with Crippen molar-refractivity contribution in [1.82, 2.24) is 0 Å². The van der Waals surface area contributed by atoms with Crippen molar-refractivity contribution in [3.63, 3.8) is 0 Å². The Labute approximate surface area is 211 Å². The van der Waals surface area contributed by atoms with Crippen molar-refractivity contribution in [3.05, 3.63) is 0 Å². The molecule has 0 atom stereocenters. The van der Waals surface area contributed by atoms with Gasteiger partial charge in [0.15, 0.2) is 0 Å². The third kappa shape index (κ3) is 11.7. The fourth-order valence-corrected chi connectivity index (χ4v) is 6.50. The summed E-state index contributed by atoms with van der Waals surface area (Å²) in [5.74, 6) is 0. The monoisotopic (exact) mass is 482 g/mol. The first kappa shape index (κ1) is 30.1. The molecular weight excluding hydrogens is 424 g/mol. The lowest BCUT2D eigenvalue weighted by Crippen LogP contribution is -2.48. The van der Waals surface area contributed by atoms with Gasteiger partial charge in [-0.05, 0) is 69.6 Å². The molecule has 2 aliphatic carbocycles. The van der Waals surface area contributed by atoms with Gasteiger partial charge in [-0.2, -0.15) is 0 Å². The first-order chi connectivity index (χ1) is 16.7. The summed E-state index contributed by atoms with van der Waals surface area (Å²) in [7, 11) is 0. The second-order valence-corrected chi connectivity index (χ2v) is 11.4. The van der Waals surface area contributed by atoms with Gasteiger partial charge in [-0.25, -0.2) is 0 Å². The molecule has 0 aliphatic heterocycles. The highest BCUT2D eigenvalue weighted by Gasteiger charge is 2.48. The van der Waals surface area contributed by atoms with E-state index in [-0.39, 0.29) is 5.41 Å². The number of aliphatic hydroxyl groups excluding tert-OH is 1. The molecule has 0 aromatic carbocycles. The average molecular weight is 483 g/mol. The summed E-state index contributed by atoms with van der Waals surface area (Å²) < 4.78 is 11.6. The zero-order valence-corrected chi connectivity index (χ0v) is 22.5. The Hall–Kier alpha value is -0.160.